The number of carboxylic acid groups (broad SMARTS) is 4. The summed E-state index contributed by atoms with van der Waals surface area (Å²) in [6.07, 6.45) is -3.67. The summed E-state index contributed by atoms with van der Waals surface area (Å²) in [7, 11) is 6.60. The van der Waals surface area contributed by atoms with Crippen LogP contribution in [0.1, 0.15) is 5.56 Å². The maximum Gasteiger partial charge on any atom is 0.503 e. The van der Waals surface area contributed by atoms with Crippen LogP contribution in [-0.2, 0) is 6.54 Å². The van der Waals surface area contributed by atoms with Crippen LogP contribution >= 0.6 is 0 Å². The van der Waals surface area contributed by atoms with Crippen molar-refractivity contribution in [2.45, 2.75) is 6.54 Å². The molecule has 0 aliphatic rings. The first kappa shape index (κ1) is 19.1. The first-order valence-corrected chi connectivity index (χ1v) is 5.22. The predicted octanol–water partition coefficient (Wildman–Crippen LogP) is 2.34. The van der Waals surface area contributed by atoms with Crippen LogP contribution in [0, 0.1) is 0 Å². The van der Waals surface area contributed by atoms with Crippen molar-refractivity contribution in [2.75, 3.05) is 21.1 Å². The summed E-state index contributed by atoms with van der Waals surface area (Å²) < 4.78 is 0.990. The van der Waals surface area contributed by atoms with Gasteiger partial charge in [-0.1, -0.05) is 30.3 Å². The third-order valence-corrected chi connectivity index (χ3v) is 1.50. The van der Waals surface area contributed by atoms with Crippen LogP contribution in [0.15, 0.2) is 30.3 Å². The SMILES string of the molecule is C[N+](C)(C)Cc1ccccc1.O=C(O)O.O=C(O)O. The summed E-state index contributed by atoms with van der Waals surface area (Å²) in [4.78, 5) is 17.1. The predicted molar refractivity (Wildman–Crippen MR) is 69.5 cm³/mol. The van der Waals surface area contributed by atoms with Crippen molar-refractivity contribution < 1.29 is 34.5 Å². The summed E-state index contributed by atoms with van der Waals surface area (Å²) in [6, 6.07) is 10.6. The average Bonchev–Trinajstić information content (AvgIpc) is 2.14. The minimum atomic E-state index is -1.83. The molecule has 4 N–H and O–H groups in total. The highest BCUT2D eigenvalue weighted by Gasteiger charge is 2.06. The van der Waals surface area contributed by atoms with E-state index in [2.05, 4.69) is 51.5 Å². The van der Waals surface area contributed by atoms with Gasteiger partial charge in [-0.15, -0.1) is 0 Å². The Hall–Kier alpha value is -2.28. The largest absolute Gasteiger partial charge is 0.503 e. The number of hydrogen-bond donors (Lipinski definition) is 4. The molecule has 0 heterocycles. The quantitative estimate of drug-likeness (QED) is 0.615. The van der Waals surface area contributed by atoms with Gasteiger partial charge in [0.25, 0.3) is 0 Å². The van der Waals surface area contributed by atoms with Crippen LogP contribution in [-0.4, -0.2) is 58.4 Å². The first-order chi connectivity index (χ1) is 8.54. The van der Waals surface area contributed by atoms with E-state index in [1.165, 1.54) is 5.56 Å². The molecule has 1 aromatic carbocycles. The zero-order chi connectivity index (χ0) is 15.5. The second-order valence-corrected chi connectivity index (χ2v) is 4.50. The van der Waals surface area contributed by atoms with Gasteiger partial charge < -0.3 is 24.9 Å². The van der Waals surface area contributed by atoms with Gasteiger partial charge in [-0.2, -0.15) is 0 Å². The number of rotatable bonds is 2. The molecule has 1 aromatic rings. The Balaban J connectivity index is 0. The summed E-state index contributed by atoms with van der Waals surface area (Å²) >= 11 is 0. The lowest BCUT2D eigenvalue weighted by Gasteiger charge is -2.23. The smallest absolute Gasteiger partial charge is 0.450 e. The Morgan fingerprint density at radius 2 is 1.21 bits per heavy atom. The standard InChI is InChI=1S/C10H16N.2CH2O3/c1-11(2,3)9-10-7-5-4-6-8-10;2*2-1(3)4/h4-8H,9H2,1-3H3;2*(H2,2,3,4)/q+1;;. The molecule has 0 spiro atoms. The second kappa shape index (κ2) is 9.72. The molecular formula is C12H20NO6+. The van der Waals surface area contributed by atoms with E-state index in [9.17, 15) is 0 Å². The summed E-state index contributed by atoms with van der Waals surface area (Å²) in [5, 5.41) is 27.9. The van der Waals surface area contributed by atoms with E-state index in [0.717, 1.165) is 11.0 Å². The van der Waals surface area contributed by atoms with E-state index < -0.39 is 12.3 Å². The van der Waals surface area contributed by atoms with E-state index in [0.29, 0.717) is 0 Å². The average molecular weight is 274 g/mol. The minimum absolute atomic E-state index is 0.990. The summed E-state index contributed by atoms with van der Waals surface area (Å²) in [5.74, 6) is 0. The van der Waals surface area contributed by atoms with Gasteiger partial charge in [0.15, 0.2) is 0 Å². The van der Waals surface area contributed by atoms with Crippen LogP contribution in [0.25, 0.3) is 0 Å². The van der Waals surface area contributed by atoms with Gasteiger partial charge in [0, 0.05) is 5.56 Å². The van der Waals surface area contributed by atoms with Crippen molar-refractivity contribution in [1.29, 1.82) is 0 Å². The van der Waals surface area contributed by atoms with Crippen molar-refractivity contribution in [3.63, 3.8) is 0 Å². The molecule has 0 aliphatic carbocycles. The number of quaternary nitrogens is 1. The fourth-order valence-corrected chi connectivity index (χ4v) is 1.13. The monoisotopic (exact) mass is 274 g/mol. The van der Waals surface area contributed by atoms with Crippen molar-refractivity contribution >= 4 is 12.3 Å². The molecule has 0 radical (unpaired) electrons. The zero-order valence-electron chi connectivity index (χ0n) is 11.1. The fraction of sp³-hybridized carbons (Fsp3) is 0.333. The molecule has 0 atom stereocenters. The molecule has 108 valence electrons. The molecule has 0 saturated heterocycles. The third kappa shape index (κ3) is 25.7. The van der Waals surface area contributed by atoms with E-state index in [-0.39, 0.29) is 0 Å². The first-order valence-electron chi connectivity index (χ1n) is 5.22. The number of carbonyl (C=O) groups is 2. The van der Waals surface area contributed by atoms with Crippen LogP contribution in [0.4, 0.5) is 9.59 Å². The molecular weight excluding hydrogens is 254 g/mol. The molecule has 0 bridgehead atoms. The van der Waals surface area contributed by atoms with Crippen LogP contribution in [0.5, 0.6) is 0 Å². The van der Waals surface area contributed by atoms with E-state index in [1.807, 2.05) is 0 Å². The molecule has 0 aromatic heterocycles. The van der Waals surface area contributed by atoms with E-state index in [4.69, 9.17) is 30.0 Å². The molecule has 1 rings (SSSR count). The maximum atomic E-state index is 8.56. The highest BCUT2D eigenvalue weighted by atomic mass is 16.6. The Morgan fingerprint density at radius 1 is 0.895 bits per heavy atom. The van der Waals surface area contributed by atoms with Crippen molar-refractivity contribution in [2.24, 2.45) is 0 Å². The molecule has 0 unspecified atom stereocenters. The molecule has 0 fully saturated rings. The minimum Gasteiger partial charge on any atom is -0.450 e. The zero-order valence-corrected chi connectivity index (χ0v) is 11.1. The molecule has 0 saturated carbocycles. The lowest BCUT2D eigenvalue weighted by atomic mass is 10.2. The molecule has 7 heteroatoms. The topological polar surface area (TPSA) is 115 Å². The van der Waals surface area contributed by atoms with Crippen molar-refractivity contribution in [1.82, 2.24) is 0 Å². The lowest BCUT2D eigenvalue weighted by Crippen LogP contribution is -2.33. The Labute approximate surface area is 111 Å². The van der Waals surface area contributed by atoms with Crippen LogP contribution in [0.3, 0.4) is 0 Å². The third-order valence-electron chi connectivity index (χ3n) is 1.50. The summed E-state index contributed by atoms with van der Waals surface area (Å²) in [5.41, 5.74) is 1.40. The van der Waals surface area contributed by atoms with Gasteiger partial charge in [-0.3, -0.25) is 0 Å². The number of benzene rings is 1. The lowest BCUT2D eigenvalue weighted by molar-refractivity contribution is -0.884. The van der Waals surface area contributed by atoms with Gasteiger partial charge in [-0.25, -0.2) is 9.59 Å². The van der Waals surface area contributed by atoms with Crippen molar-refractivity contribution in [3.05, 3.63) is 35.9 Å². The maximum absolute atomic E-state index is 8.56. The Bertz CT molecular complexity index is 352. The van der Waals surface area contributed by atoms with Gasteiger partial charge in [-0.05, 0) is 0 Å². The van der Waals surface area contributed by atoms with E-state index >= 15 is 0 Å². The van der Waals surface area contributed by atoms with Crippen LogP contribution < -0.4 is 0 Å². The number of hydrogen-bond acceptors (Lipinski definition) is 2. The summed E-state index contributed by atoms with van der Waals surface area (Å²) in [6.45, 7) is 1.10. The molecule has 0 aliphatic heterocycles. The van der Waals surface area contributed by atoms with Gasteiger partial charge in [0.1, 0.15) is 6.54 Å². The molecule has 7 nitrogen and oxygen atoms in total. The molecule has 0 amide bonds. The number of nitrogens with zero attached hydrogens (tertiary/aromatic N) is 1. The highest BCUT2D eigenvalue weighted by molar-refractivity contribution is 5.53. The van der Waals surface area contributed by atoms with E-state index in [1.54, 1.807) is 0 Å². The van der Waals surface area contributed by atoms with Gasteiger partial charge >= 0.3 is 12.3 Å². The Morgan fingerprint density at radius 3 is 1.47 bits per heavy atom. The highest BCUT2D eigenvalue weighted by Crippen LogP contribution is 2.05. The second-order valence-electron chi connectivity index (χ2n) is 4.50. The molecule has 19 heavy (non-hydrogen) atoms. The van der Waals surface area contributed by atoms with Crippen LogP contribution in [0.2, 0.25) is 0 Å². The fourth-order valence-electron chi connectivity index (χ4n) is 1.13. The Kier molecular flexibility index (Phi) is 9.76. The van der Waals surface area contributed by atoms with Gasteiger partial charge in [0.2, 0.25) is 0 Å². The van der Waals surface area contributed by atoms with Crippen molar-refractivity contribution in [3.8, 4) is 0 Å². The van der Waals surface area contributed by atoms with Gasteiger partial charge in [0.05, 0.1) is 21.1 Å². The normalized spacial score (nSPS) is 9.21.